The van der Waals surface area contributed by atoms with Crippen LogP contribution in [0.15, 0.2) is 71.2 Å². The van der Waals surface area contributed by atoms with Gasteiger partial charge in [0.15, 0.2) is 0 Å². The van der Waals surface area contributed by atoms with Crippen LogP contribution in [-0.4, -0.2) is 13.0 Å². The lowest BCUT2D eigenvalue weighted by Crippen LogP contribution is -2.12. The van der Waals surface area contributed by atoms with Crippen molar-refractivity contribution in [2.45, 2.75) is 0 Å². The van der Waals surface area contributed by atoms with E-state index in [9.17, 15) is 4.79 Å². The number of anilines is 1. The van der Waals surface area contributed by atoms with E-state index >= 15 is 0 Å². The van der Waals surface area contributed by atoms with Crippen molar-refractivity contribution in [1.82, 2.24) is 0 Å². The molecular formula is C20H15BrClNO3. The van der Waals surface area contributed by atoms with Crippen LogP contribution in [0.2, 0.25) is 5.02 Å². The van der Waals surface area contributed by atoms with Crippen molar-refractivity contribution >= 4 is 39.1 Å². The van der Waals surface area contributed by atoms with Crippen LogP contribution in [0.3, 0.4) is 0 Å². The van der Waals surface area contributed by atoms with Crippen molar-refractivity contribution in [2.24, 2.45) is 0 Å². The average molecular weight is 433 g/mol. The predicted molar refractivity (Wildman–Crippen MR) is 107 cm³/mol. The summed E-state index contributed by atoms with van der Waals surface area (Å²) in [6, 6.07) is 19.3. The number of nitrogens with one attached hydrogen (secondary N) is 1. The Hall–Kier alpha value is -2.50. The van der Waals surface area contributed by atoms with Gasteiger partial charge in [-0.15, -0.1) is 0 Å². The Balaban J connectivity index is 1.76. The summed E-state index contributed by atoms with van der Waals surface area (Å²) >= 11 is 9.32. The standard InChI is InChI=1S/C20H15BrClNO3/c1-25-15-6-2-13(3-7-15)20(24)23-19-12-17(10-11-18(19)21)26-16-8-4-14(22)5-9-16/h2-12H,1H3,(H,23,24). The van der Waals surface area contributed by atoms with Crippen LogP contribution in [0.1, 0.15) is 10.4 Å². The van der Waals surface area contributed by atoms with Crippen LogP contribution in [0, 0.1) is 0 Å². The van der Waals surface area contributed by atoms with Gasteiger partial charge in [-0.1, -0.05) is 11.6 Å². The minimum Gasteiger partial charge on any atom is -0.497 e. The summed E-state index contributed by atoms with van der Waals surface area (Å²) in [4.78, 5) is 12.4. The van der Waals surface area contributed by atoms with E-state index in [4.69, 9.17) is 21.1 Å². The molecule has 0 radical (unpaired) electrons. The highest BCUT2D eigenvalue weighted by atomic mass is 79.9. The molecule has 0 fully saturated rings. The van der Waals surface area contributed by atoms with Crippen molar-refractivity contribution in [2.75, 3.05) is 12.4 Å². The zero-order valence-corrected chi connectivity index (χ0v) is 16.2. The molecule has 3 rings (SSSR count). The molecule has 3 aromatic rings. The quantitative estimate of drug-likeness (QED) is 0.525. The fraction of sp³-hybridized carbons (Fsp3) is 0.0500. The Morgan fingerprint density at radius 2 is 1.54 bits per heavy atom. The molecule has 0 aliphatic carbocycles. The highest BCUT2D eigenvalue weighted by Crippen LogP contribution is 2.31. The molecule has 1 amide bonds. The first-order valence-corrected chi connectivity index (χ1v) is 8.90. The minimum absolute atomic E-state index is 0.225. The summed E-state index contributed by atoms with van der Waals surface area (Å²) in [5.74, 6) is 1.72. The maximum absolute atomic E-state index is 12.4. The fourth-order valence-corrected chi connectivity index (χ4v) is 2.71. The molecule has 26 heavy (non-hydrogen) atoms. The van der Waals surface area contributed by atoms with Crippen LogP contribution in [0.5, 0.6) is 17.2 Å². The number of amides is 1. The van der Waals surface area contributed by atoms with E-state index in [0.717, 1.165) is 4.47 Å². The van der Waals surface area contributed by atoms with Crippen LogP contribution in [0.4, 0.5) is 5.69 Å². The van der Waals surface area contributed by atoms with E-state index in [1.54, 1.807) is 61.7 Å². The topological polar surface area (TPSA) is 47.6 Å². The second-order valence-corrected chi connectivity index (χ2v) is 6.67. The summed E-state index contributed by atoms with van der Waals surface area (Å²) < 4.78 is 11.7. The van der Waals surface area contributed by atoms with Crippen molar-refractivity contribution in [3.8, 4) is 17.2 Å². The molecule has 3 aromatic carbocycles. The van der Waals surface area contributed by atoms with Gasteiger partial charge < -0.3 is 14.8 Å². The van der Waals surface area contributed by atoms with E-state index in [0.29, 0.717) is 33.5 Å². The molecule has 0 aliphatic rings. The maximum atomic E-state index is 12.4. The summed E-state index contributed by atoms with van der Waals surface area (Å²) in [5.41, 5.74) is 1.14. The molecule has 0 unspecified atom stereocenters. The first-order chi connectivity index (χ1) is 12.5. The third-order valence-corrected chi connectivity index (χ3v) is 4.53. The summed E-state index contributed by atoms with van der Waals surface area (Å²) in [6.07, 6.45) is 0. The first kappa shape index (κ1) is 18.3. The smallest absolute Gasteiger partial charge is 0.255 e. The van der Waals surface area contributed by atoms with Crippen molar-refractivity contribution in [3.63, 3.8) is 0 Å². The molecule has 0 saturated heterocycles. The van der Waals surface area contributed by atoms with Crippen molar-refractivity contribution in [1.29, 1.82) is 0 Å². The van der Waals surface area contributed by atoms with Crippen LogP contribution < -0.4 is 14.8 Å². The molecule has 132 valence electrons. The second kappa shape index (κ2) is 8.25. The number of methoxy groups -OCH3 is 1. The van der Waals surface area contributed by atoms with E-state index < -0.39 is 0 Å². The monoisotopic (exact) mass is 431 g/mol. The summed E-state index contributed by atoms with van der Waals surface area (Å²) in [5, 5.41) is 3.51. The maximum Gasteiger partial charge on any atom is 0.255 e. The first-order valence-electron chi connectivity index (χ1n) is 7.73. The third-order valence-electron chi connectivity index (χ3n) is 3.59. The predicted octanol–water partition coefficient (Wildman–Crippen LogP) is 6.16. The number of ether oxygens (including phenoxy) is 2. The average Bonchev–Trinajstić information content (AvgIpc) is 2.66. The zero-order chi connectivity index (χ0) is 18.5. The van der Waals surface area contributed by atoms with Gasteiger partial charge in [0, 0.05) is 21.1 Å². The second-order valence-electron chi connectivity index (χ2n) is 5.38. The van der Waals surface area contributed by atoms with Gasteiger partial charge in [0.25, 0.3) is 5.91 Å². The molecule has 0 heterocycles. The third kappa shape index (κ3) is 4.56. The SMILES string of the molecule is COc1ccc(C(=O)Nc2cc(Oc3ccc(Cl)cc3)ccc2Br)cc1. The number of carbonyl (C=O) groups is 1. The number of benzene rings is 3. The molecule has 0 bridgehead atoms. The van der Waals surface area contributed by atoms with Gasteiger partial charge in [-0.3, -0.25) is 4.79 Å². The lowest BCUT2D eigenvalue weighted by molar-refractivity contribution is 0.102. The van der Waals surface area contributed by atoms with Crippen molar-refractivity contribution < 1.29 is 14.3 Å². The molecule has 0 atom stereocenters. The molecule has 0 spiro atoms. The van der Waals surface area contributed by atoms with Crippen molar-refractivity contribution in [3.05, 3.63) is 81.8 Å². The number of halogens is 2. The van der Waals surface area contributed by atoms with Gasteiger partial charge >= 0.3 is 0 Å². The normalized spacial score (nSPS) is 10.3. The largest absolute Gasteiger partial charge is 0.497 e. The minimum atomic E-state index is -0.225. The van der Waals surface area contributed by atoms with E-state index in [2.05, 4.69) is 21.2 Å². The van der Waals surface area contributed by atoms with Gasteiger partial charge in [0.05, 0.1) is 12.8 Å². The lowest BCUT2D eigenvalue weighted by atomic mass is 10.2. The number of rotatable bonds is 5. The zero-order valence-electron chi connectivity index (χ0n) is 13.8. The lowest BCUT2D eigenvalue weighted by Gasteiger charge is -2.11. The Labute approximate surface area is 164 Å². The number of carbonyl (C=O) groups excluding carboxylic acids is 1. The Morgan fingerprint density at radius 3 is 2.19 bits per heavy atom. The summed E-state index contributed by atoms with van der Waals surface area (Å²) in [6.45, 7) is 0. The Kier molecular flexibility index (Phi) is 5.81. The molecule has 0 saturated carbocycles. The Morgan fingerprint density at radius 1 is 0.923 bits per heavy atom. The molecule has 0 aliphatic heterocycles. The van der Waals surface area contributed by atoms with Crippen LogP contribution in [-0.2, 0) is 0 Å². The number of hydrogen-bond donors (Lipinski definition) is 1. The van der Waals surface area contributed by atoms with Crippen LogP contribution >= 0.6 is 27.5 Å². The van der Waals surface area contributed by atoms with E-state index in [1.807, 2.05) is 12.1 Å². The highest BCUT2D eigenvalue weighted by molar-refractivity contribution is 9.10. The number of hydrogen-bond acceptors (Lipinski definition) is 3. The van der Waals surface area contributed by atoms with Gasteiger partial charge in [-0.25, -0.2) is 0 Å². The molecule has 4 nitrogen and oxygen atoms in total. The van der Waals surface area contributed by atoms with Gasteiger partial charge in [0.1, 0.15) is 17.2 Å². The van der Waals surface area contributed by atoms with Gasteiger partial charge in [-0.2, -0.15) is 0 Å². The van der Waals surface area contributed by atoms with E-state index in [1.165, 1.54) is 0 Å². The summed E-state index contributed by atoms with van der Waals surface area (Å²) in [7, 11) is 1.58. The molecule has 0 aromatic heterocycles. The van der Waals surface area contributed by atoms with Crippen LogP contribution in [0.25, 0.3) is 0 Å². The van der Waals surface area contributed by atoms with Gasteiger partial charge in [0.2, 0.25) is 0 Å². The molecule has 6 heteroatoms. The van der Waals surface area contributed by atoms with E-state index in [-0.39, 0.29) is 5.91 Å². The molecule has 1 N–H and O–H groups in total. The Bertz CT molecular complexity index is 911. The highest BCUT2D eigenvalue weighted by Gasteiger charge is 2.10. The fourth-order valence-electron chi connectivity index (χ4n) is 2.24. The molecular weight excluding hydrogens is 418 g/mol. The van der Waals surface area contributed by atoms with Gasteiger partial charge in [-0.05, 0) is 76.6 Å².